The SMILES string of the molecule is Cl.Cl.N[C@@H]1C[C@@H](F)CN(c2nn3cccnc3c2C(=O)Nc2cn(C3CCC(CCN4CCC(Nc5cccc(C6CCC(=O)NC6=O)c5)CC4)CC3)nc2C(F)F)C1. The number of anilines is 3. The predicted molar refractivity (Wildman–Crippen MR) is 223 cm³/mol. The number of amides is 3. The van der Waals surface area contributed by atoms with Crippen molar-refractivity contribution in [3.8, 4) is 0 Å². The number of nitrogens with zero attached hydrogens (tertiary/aromatic N) is 7. The number of benzene rings is 1. The molecule has 59 heavy (non-hydrogen) atoms. The Kier molecular flexibility index (Phi) is 14.4. The molecule has 6 heterocycles. The molecular formula is C40H52Cl2F3N11O3. The van der Waals surface area contributed by atoms with Gasteiger partial charge in [0, 0.05) is 62.4 Å². The molecule has 4 fully saturated rings. The van der Waals surface area contributed by atoms with Gasteiger partial charge in [0.05, 0.1) is 24.2 Å². The Hall–Kier alpha value is -4.45. The molecular weight excluding hydrogens is 810 g/mol. The first-order chi connectivity index (χ1) is 27.6. The second kappa shape index (κ2) is 19.3. The molecule has 320 valence electrons. The minimum Gasteiger partial charge on any atom is -0.382 e. The lowest BCUT2D eigenvalue weighted by atomic mass is 9.84. The number of hydrogen-bond donors (Lipinski definition) is 4. The molecule has 19 heteroatoms. The molecule has 3 amide bonds. The average molecular weight is 863 g/mol. The first-order valence-corrected chi connectivity index (χ1v) is 20.2. The van der Waals surface area contributed by atoms with E-state index in [0.29, 0.717) is 24.8 Å². The van der Waals surface area contributed by atoms with Crippen LogP contribution in [0.3, 0.4) is 0 Å². The minimum absolute atomic E-state index is 0. The molecule has 1 aromatic carbocycles. The molecule has 1 aliphatic carbocycles. The number of carbonyl (C=O) groups excluding carboxylic acids is 3. The van der Waals surface area contributed by atoms with Crippen molar-refractivity contribution < 1.29 is 27.6 Å². The third-order valence-corrected chi connectivity index (χ3v) is 12.1. The molecule has 0 spiro atoms. The first kappa shape index (κ1) is 44.1. The van der Waals surface area contributed by atoms with Crippen LogP contribution < -0.4 is 26.6 Å². The van der Waals surface area contributed by atoms with E-state index in [1.807, 2.05) is 24.3 Å². The zero-order valence-electron chi connectivity index (χ0n) is 32.6. The van der Waals surface area contributed by atoms with Crippen LogP contribution in [0.25, 0.3) is 5.65 Å². The lowest BCUT2D eigenvalue weighted by Gasteiger charge is -2.35. The molecule has 5 N–H and O–H groups in total. The fraction of sp³-hybridized carbons (Fsp3) is 0.550. The highest BCUT2D eigenvalue weighted by Gasteiger charge is 2.34. The Morgan fingerprint density at radius 1 is 1.00 bits per heavy atom. The van der Waals surface area contributed by atoms with Gasteiger partial charge in [0.1, 0.15) is 11.7 Å². The predicted octanol–water partition coefficient (Wildman–Crippen LogP) is 6.05. The highest BCUT2D eigenvalue weighted by atomic mass is 35.5. The fourth-order valence-corrected chi connectivity index (χ4v) is 9.04. The molecule has 4 aliphatic rings. The molecule has 14 nitrogen and oxygen atoms in total. The summed E-state index contributed by atoms with van der Waals surface area (Å²) in [5, 5.41) is 17.5. The molecule has 3 atom stereocenters. The summed E-state index contributed by atoms with van der Waals surface area (Å²) < 4.78 is 46.2. The van der Waals surface area contributed by atoms with Crippen LogP contribution in [0, 0.1) is 5.92 Å². The fourth-order valence-electron chi connectivity index (χ4n) is 9.04. The van der Waals surface area contributed by atoms with Gasteiger partial charge in [0.25, 0.3) is 12.3 Å². The van der Waals surface area contributed by atoms with Crippen LogP contribution in [0.4, 0.5) is 30.4 Å². The van der Waals surface area contributed by atoms with Crippen LogP contribution in [-0.4, -0.2) is 98.0 Å². The molecule has 1 unspecified atom stereocenters. The van der Waals surface area contributed by atoms with Gasteiger partial charge in [0.2, 0.25) is 11.8 Å². The number of carbonyl (C=O) groups is 3. The van der Waals surface area contributed by atoms with E-state index < -0.39 is 30.2 Å². The second-order valence-electron chi connectivity index (χ2n) is 16.1. The summed E-state index contributed by atoms with van der Waals surface area (Å²) in [6.07, 6.45) is 8.23. The second-order valence-corrected chi connectivity index (χ2v) is 16.1. The maximum Gasteiger partial charge on any atom is 0.284 e. The highest BCUT2D eigenvalue weighted by Crippen LogP contribution is 2.37. The number of piperidine rings is 3. The Labute approximate surface area is 353 Å². The molecule has 1 saturated carbocycles. The maximum absolute atomic E-state index is 14.5. The normalized spacial score (nSPS) is 24.4. The quantitative estimate of drug-likeness (QED) is 0.130. The lowest BCUT2D eigenvalue weighted by molar-refractivity contribution is -0.134. The third-order valence-electron chi connectivity index (χ3n) is 12.1. The zero-order valence-corrected chi connectivity index (χ0v) is 34.3. The van der Waals surface area contributed by atoms with Crippen LogP contribution in [-0.2, 0) is 9.59 Å². The van der Waals surface area contributed by atoms with Crippen LogP contribution >= 0.6 is 24.8 Å². The van der Waals surface area contributed by atoms with Crippen LogP contribution in [0.2, 0.25) is 0 Å². The van der Waals surface area contributed by atoms with Crippen LogP contribution in [0.15, 0.2) is 48.9 Å². The largest absolute Gasteiger partial charge is 0.382 e. The van der Waals surface area contributed by atoms with Crippen molar-refractivity contribution in [3.63, 3.8) is 0 Å². The van der Waals surface area contributed by atoms with Crippen molar-refractivity contribution in [2.24, 2.45) is 11.7 Å². The van der Waals surface area contributed by atoms with Gasteiger partial charge in [0.15, 0.2) is 17.2 Å². The van der Waals surface area contributed by atoms with Gasteiger partial charge in [-0.15, -0.1) is 29.9 Å². The lowest BCUT2D eigenvalue weighted by Crippen LogP contribution is -2.48. The summed E-state index contributed by atoms with van der Waals surface area (Å²) in [6, 6.07) is 9.44. The standard InChI is InChI=1S/C40H50F3N11O3.2ClH/c41-26-20-27(44)22-52(21-26)38-34(37-45-14-2-15-53(37)50-38)40(57)47-32-23-54(49-35(32)36(42)43)30-7-5-24(6-8-30)11-16-51-17-12-28(13-18-51)46-29-4-1-3-25(19-29)31-9-10-33(55)48-39(31)56;;/h1-4,14-15,19,23-24,26-28,30-31,36,46H,5-13,16-18,20-22,44H2,(H,47,57)(H,48,55,56);2*1H/t24?,26-,27-,30?,31?;;/m1../s1. The molecule has 0 bridgehead atoms. The summed E-state index contributed by atoms with van der Waals surface area (Å²) in [4.78, 5) is 46.3. The molecule has 0 radical (unpaired) electrons. The van der Waals surface area contributed by atoms with E-state index in [0.717, 1.165) is 75.8 Å². The smallest absolute Gasteiger partial charge is 0.284 e. The Morgan fingerprint density at radius 3 is 2.51 bits per heavy atom. The van der Waals surface area contributed by atoms with Crippen molar-refractivity contribution in [1.82, 2.24) is 34.6 Å². The van der Waals surface area contributed by atoms with E-state index in [9.17, 15) is 27.6 Å². The van der Waals surface area contributed by atoms with Gasteiger partial charge < -0.3 is 26.2 Å². The number of halogens is 5. The number of rotatable bonds is 11. The van der Waals surface area contributed by atoms with Crippen molar-refractivity contribution in [2.75, 3.05) is 48.3 Å². The first-order valence-electron chi connectivity index (χ1n) is 20.2. The van der Waals surface area contributed by atoms with Crippen molar-refractivity contribution in [1.29, 1.82) is 0 Å². The number of fused-ring (bicyclic) bond motifs is 1. The monoisotopic (exact) mass is 861 g/mol. The molecule has 3 saturated heterocycles. The zero-order chi connectivity index (χ0) is 39.6. The van der Waals surface area contributed by atoms with E-state index in [1.165, 1.54) is 16.9 Å². The van der Waals surface area contributed by atoms with E-state index in [4.69, 9.17) is 5.73 Å². The van der Waals surface area contributed by atoms with Gasteiger partial charge in [-0.2, -0.15) is 5.10 Å². The van der Waals surface area contributed by atoms with E-state index in [2.05, 4.69) is 36.0 Å². The number of alkyl halides is 3. The number of likely N-dealkylation sites (tertiary alicyclic amines) is 1. The van der Waals surface area contributed by atoms with Crippen LogP contribution in [0.5, 0.6) is 0 Å². The van der Waals surface area contributed by atoms with Crippen LogP contribution in [0.1, 0.15) is 104 Å². The molecule has 4 aromatic rings. The summed E-state index contributed by atoms with van der Waals surface area (Å²) in [5.41, 5.74) is 7.72. The number of nitrogens with two attached hydrogens (primary N) is 1. The Balaban J connectivity index is 0.00000293. The molecule has 3 aliphatic heterocycles. The Morgan fingerprint density at radius 2 is 1.78 bits per heavy atom. The minimum atomic E-state index is -2.91. The average Bonchev–Trinajstić information content (AvgIpc) is 3.80. The van der Waals surface area contributed by atoms with Crippen molar-refractivity contribution in [2.45, 2.75) is 101 Å². The summed E-state index contributed by atoms with van der Waals surface area (Å²) in [6.45, 7) is 3.29. The maximum atomic E-state index is 14.5. The van der Waals surface area contributed by atoms with Gasteiger partial charge in [-0.1, -0.05) is 12.1 Å². The summed E-state index contributed by atoms with van der Waals surface area (Å²) >= 11 is 0. The summed E-state index contributed by atoms with van der Waals surface area (Å²) in [5.74, 6) is -0.693. The van der Waals surface area contributed by atoms with Gasteiger partial charge in [-0.25, -0.2) is 22.7 Å². The number of nitrogens with one attached hydrogen (secondary N) is 3. The van der Waals surface area contributed by atoms with Crippen molar-refractivity contribution in [3.05, 3.63) is 65.7 Å². The summed E-state index contributed by atoms with van der Waals surface area (Å²) in [7, 11) is 0. The molecule has 8 rings (SSSR count). The number of aromatic nitrogens is 5. The van der Waals surface area contributed by atoms with E-state index >= 15 is 0 Å². The van der Waals surface area contributed by atoms with Gasteiger partial charge in [-0.05, 0) is 94.0 Å². The van der Waals surface area contributed by atoms with E-state index in [1.54, 1.807) is 21.8 Å². The van der Waals surface area contributed by atoms with E-state index in [-0.39, 0.29) is 90.8 Å². The van der Waals surface area contributed by atoms with Crippen molar-refractivity contribution >= 4 is 65.4 Å². The number of imide groups is 1. The molecule has 3 aromatic heterocycles. The topological polar surface area (TPSA) is 168 Å². The van der Waals surface area contributed by atoms with Gasteiger partial charge >= 0.3 is 0 Å². The highest BCUT2D eigenvalue weighted by molar-refractivity contribution is 6.12. The van der Waals surface area contributed by atoms with Gasteiger partial charge in [-0.3, -0.25) is 24.4 Å². The Bertz CT molecular complexity index is 2080. The number of hydrogen-bond acceptors (Lipinski definition) is 10. The third kappa shape index (κ3) is 10.1.